The first kappa shape index (κ1) is 17.8. The van der Waals surface area contributed by atoms with Crippen molar-refractivity contribution in [1.29, 1.82) is 0 Å². The normalized spacial score (nSPS) is 16.4. The predicted molar refractivity (Wildman–Crippen MR) is 96.5 cm³/mol. The van der Waals surface area contributed by atoms with Crippen LogP contribution in [0.15, 0.2) is 36.4 Å². The standard InChI is InChI=1S/C17H17ClN2O4S/c18-13-3-1-12(2-4-13)17(7-9-24-10-8-17)11-19-16(21)14-5-6-15(25-14)20(22)23/h1-6H,7-11H2,(H,19,21). The van der Waals surface area contributed by atoms with Gasteiger partial charge in [-0.3, -0.25) is 14.9 Å². The van der Waals surface area contributed by atoms with Crippen molar-refractivity contribution >= 4 is 33.8 Å². The van der Waals surface area contributed by atoms with Gasteiger partial charge < -0.3 is 10.1 Å². The molecule has 0 bridgehead atoms. The second kappa shape index (κ2) is 7.51. The van der Waals surface area contributed by atoms with Crippen molar-refractivity contribution in [3.05, 3.63) is 62.0 Å². The van der Waals surface area contributed by atoms with Crippen molar-refractivity contribution in [3.63, 3.8) is 0 Å². The first-order valence-corrected chi connectivity index (χ1v) is 9.06. The SMILES string of the molecule is O=C(NCC1(c2ccc(Cl)cc2)CCOCC1)c1ccc([N+](=O)[O-])s1. The van der Waals surface area contributed by atoms with E-state index in [2.05, 4.69) is 5.32 Å². The van der Waals surface area contributed by atoms with Gasteiger partial charge in [-0.05, 0) is 36.6 Å². The maximum absolute atomic E-state index is 12.4. The Morgan fingerprint density at radius 2 is 1.92 bits per heavy atom. The molecule has 0 saturated carbocycles. The van der Waals surface area contributed by atoms with Gasteiger partial charge in [0.05, 0.1) is 9.80 Å². The van der Waals surface area contributed by atoms with Crippen molar-refractivity contribution in [3.8, 4) is 0 Å². The number of nitro groups is 1. The summed E-state index contributed by atoms with van der Waals surface area (Å²) >= 11 is 6.86. The fourth-order valence-corrected chi connectivity index (χ4v) is 3.88. The predicted octanol–water partition coefficient (Wildman–Crippen LogP) is 3.79. The van der Waals surface area contributed by atoms with Crippen molar-refractivity contribution < 1.29 is 14.5 Å². The Labute approximate surface area is 153 Å². The highest BCUT2D eigenvalue weighted by Crippen LogP contribution is 2.35. The van der Waals surface area contributed by atoms with Crippen LogP contribution in [0.25, 0.3) is 0 Å². The summed E-state index contributed by atoms with van der Waals surface area (Å²) in [6.07, 6.45) is 1.58. The molecule has 132 valence electrons. The molecular formula is C17H17ClN2O4S. The maximum Gasteiger partial charge on any atom is 0.324 e. The molecule has 0 aliphatic carbocycles. The highest BCUT2D eigenvalue weighted by Gasteiger charge is 2.35. The Bertz CT molecular complexity index is 769. The van der Waals surface area contributed by atoms with E-state index in [1.54, 1.807) is 0 Å². The Morgan fingerprint density at radius 1 is 1.24 bits per heavy atom. The fourth-order valence-electron chi connectivity index (χ4n) is 3.02. The lowest BCUT2D eigenvalue weighted by atomic mass is 9.74. The smallest absolute Gasteiger partial charge is 0.324 e. The molecule has 8 heteroatoms. The molecular weight excluding hydrogens is 364 g/mol. The number of halogens is 1. The number of rotatable bonds is 5. The van der Waals surface area contributed by atoms with Gasteiger partial charge in [-0.2, -0.15) is 0 Å². The first-order chi connectivity index (χ1) is 12.0. The lowest BCUT2D eigenvalue weighted by Gasteiger charge is -2.38. The van der Waals surface area contributed by atoms with Crippen LogP contribution >= 0.6 is 22.9 Å². The number of nitrogens with zero attached hydrogens (tertiary/aromatic N) is 1. The van der Waals surface area contributed by atoms with Crippen LogP contribution in [0, 0.1) is 10.1 Å². The number of thiophene rings is 1. The summed E-state index contributed by atoms with van der Waals surface area (Å²) in [5, 5.41) is 14.3. The molecule has 6 nitrogen and oxygen atoms in total. The van der Waals surface area contributed by atoms with Gasteiger partial charge in [-0.25, -0.2) is 0 Å². The van der Waals surface area contributed by atoms with E-state index >= 15 is 0 Å². The molecule has 3 rings (SSSR count). The Kier molecular flexibility index (Phi) is 5.36. The second-order valence-electron chi connectivity index (χ2n) is 5.98. The summed E-state index contributed by atoms with van der Waals surface area (Å²) in [5.41, 5.74) is 0.888. The molecule has 1 saturated heterocycles. The third-order valence-electron chi connectivity index (χ3n) is 4.49. The van der Waals surface area contributed by atoms with Gasteiger partial charge in [-0.1, -0.05) is 35.1 Å². The Balaban J connectivity index is 1.75. The number of ether oxygens (including phenoxy) is 1. The third-order valence-corrected chi connectivity index (χ3v) is 5.78. The largest absolute Gasteiger partial charge is 0.381 e. The quantitative estimate of drug-likeness (QED) is 0.632. The molecule has 0 unspecified atom stereocenters. The van der Waals surface area contributed by atoms with E-state index in [4.69, 9.17) is 16.3 Å². The summed E-state index contributed by atoms with van der Waals surface area (Å²) in [5.74, 6) is -0.294. The Hall–Kier alpha value is -1.96. The van der Waals surface area contributed by atoms with Crippen LogP contribution in [0.4, 0.5) is 5.00 Å². The highest BCUT2D eigenvalue weighted by molar-refractivity contribution is 7.17. The van der Waals surface area contributed by atoms with Crippen LogP contribution in [-0.2, 0) is 10.2 Å². The summed E-state index contributed by atoms with van der Waals surface area (Å²) in [6, 6.07) is 10.5. The van der Waals surface area contributed by atoms with Gasteiger partial charge in [0.1, 0.15) is 0 Å². The van der Waals surface area contributed by atoms with Gasteiger partial charge in [-0.15, -0.1) is 0 Å². The van der Waals surface area contributed by atoms with Crippen molar-refractivity contribution in [2.45, 2.75) is 18.3 Å². The lowest BCUT2D eigenvalue weighted by molar-refractivity contribution is -0.380. The maximum atomic E-state index is 12.4. The third kappa shape index (κ3) is 4.00. The van der Waals surface area contributed by atoms with E-state index < -0.39 is 4.92 Å². The van der Waals surface area contributed by atoms with Crippen molar-refractivity contribution in [2.75, 3.05) is 19.8 Å². The molecule has 1 amide bonds. The fraction of sp³-hybridized carbons (Fsp3) is 0.353. The summed E-state index contributed by atoms with van der Waals surface area (Å²) < 4.78 is 5.48. The van der Waals surface area contributed by atoms with Crippen molar-refractivity contribution in [1.82, 2.24) is 5.32 Å². The van der Waals surface area contributed by atoms with E-state index in [0.717, 1.165) is 29.7 Å². The molecule has 2 aromatic rings. The molecule has 0 spiro atoms. The molecule has 0 atom stereocenters. The van der Waals surface area contributed by atoms with E-state index in [1.165, 1.54) is 12.1 Å². The summed E-state index contributed by atoms with van der Waals surface area (Å²) in [6.45, 7) is 1.70. The second-order valence-corrected chi connectivity index (χ2v) is 7.48. The zero-order chi connectivity index (χ0) is 17.9. The topological polar surface area (TPSA) is 81.5 Å². The average molecular weight is 381 g/mol. The molecule has 0 radical (unpaired) electrons. The van der Waals surface area contributed by atoms with Gasteiger partial charge in [0.2, 0.25) is 0 Å². The van der Waals surface area contributed by atoms with E-state index in [9.17, 15) is 14.9 Å². The zero-order valence-electron chi connectivity index (χ0n) is 13.4. The number of hydrogen-bond acceptors (Lipinski definition) is 5. The van der Waals surface area contributed by atoms with Crippen LogP contribution in [0.2, 0.25) is 5.02 Å². The molecule has 25 heavy (non-hydrogen) atoms. The van der Waals surface area contributed by atoms with Gasteiger partial charge in [0.15, 0.2) is 0 Å². The zero-order valence-corrected chi connectivity index (χ0v) is 14.9. The van der Waals surface area contributed by atoms with E-state index in [-0.39, 0.29) is 16.3 Å². The first-order valence-electron chi connectivity index (χ1n) is 7.86. The van der Waals surface area contributed by atoms with Gasteiger partial charge in [0, 0.05) is 36.3 Å². The molecule has 1 aliphatic rings. The number of carbonyl (C=O) groups is 1. The van der Waals surface area contributed by atoms with E-state index in [0.29, 0.717) is 29.7 Å². The Morgan fingerprint density at radius 3 is 2.52 bits per heavy atom. The van der Waals surface area contributed by atoms with E-state index in [1.807, 2.05) is 24.3 Å². The van der Waals surface area contributed by atoms with Crippen LogP contribution < -0.4 is 5.32 Å². The van der Waals surface area contributed by atoms with Crippen LogP contribution in [0.5, 0.6) is 0 Å². The number of benzene rings is 1. The highest BCUT2D eigenvalue weighted by atomic mass is 35.5. The summed E-state index contributed by atoms with van der Waals surface area (Å²) in [7, 11) is 0. The molecule has 1 N–H and O–H groups in total. The number of carbonyl (C=O) groups excluding carboxylic acids is 1. The number of hydrogen-bond donors (Lipinski definition) is 1. The van der Waals surface area contributed by atoms with Crippen LogP contribution in [0.1, 0.15) is 28.1 Å². The van der Waals surface area contributed by atoms with Gasteiger partial charge in [0.25, 0.3) is 5.91 Å². The molecule has 1 aromatic heterocycles. The van der Waals surface area contributed by atoms with Crippen molar-refractivity contribution in [2.24, 2.45) is 0 Å². The monoisotopic (exact) mass is 380 g/mol. The lowest BCUT2D eigenvalue weighted by Crippen LogP contribution is -2.44. The molecule has 2 heterocycles. The van der Waals surface area contributed by atoms with Gasteiger partial charge >= 0.3 is 5.00 Å². The number of nitrogens with one attached hydrogen (secondary N) is 1. The average Bonchev–Trinajstić information content (AvgIpc) is 3.12. The molecule has 1 aromatic carbocycles. The van der Waals surface area contributed by atoms with Crippen LogP contribution in [-0.4, -0.2) is 30.6 Å². The van der Waals surface area contributed by atoms with Crippen LogP contribution in [0.3, 0.4) is 0 Å². The minimum atomic E-state index is -0.491. The molecule has 1 fully saturated rings. The number of amides is 1. The minimum Gasteiger partial charge on any atom is -0.381 e. The summed E-state index contributed by atoms with van der Waals surface area (Å²) in [4.78, 5) is 23.0. The minimum absolute atomic E-state index is 0.0383. The molecule has 1 aliphatic heterocycles.